The molecular weight excluding hydrogens is 240 g/mol. The Morgan fingerprint density at radius 1 is 1.29 bits per heavy atom. The molecule has 0 aromatic heterocycles. The first-order chi connectivity index (χ1) is 8.09. The summed E-state index contributed by atoms with van der Waals surface area (Å²) >= 11 is 1.43. The van der Waals surface area contributed by atoms with Gasteiger partial charge in [0.25, 0.3) is 0 Å². The number of hydrogen-bond donors (Lipinski definition) is 1. The molecule has 4 heteroatoms. The van der Waals surface area contributed by atoms with E-state index in [-0.39, 0.29) is 23.7 Å². The third kappa shape index (κ3) is 2.80. The summed E-state index contributed by atoms with van der Waals surface area (Å²) in [5.74, 6) is 0.252. The van der Waals surface area contributed by atoms with Crippen molar-refractivity contribution in [1.82, 2.24) is 5.32 Å². The largest absolute Gasteiger partial charge is 0.308 e. The van der Waals surface area contributed by atoms with E-state index in [0.717, 1.165) is 18.6 Å². The first-order valence-corrected chi connectivity index (χ1v) is 6.95. The number of thioether (sulfide) groups is 1. The fourth-order valence-corrected chi connectivity index (χ4v) is 3.31. The zero-order chi connectivity index (χ0) is 12.4. The Morgan fingerprint density at radius 3 is 2.71 bits per heavy atom. The minimum Gasteiger partial charge on any atom is -0.308 e. The number of halogens is 2. The molecule has 1 aliphatic heterocycles. The van der Waals surface area contributed by atoms with Gasteiger partial charge in [-0.15, -0.1) is 11.8 Å². The second-order valence-electron chi connectivity index (χ2n) is 4.64. The van der Waals surface area contributed by atoms with E-state index in [1.165, 1.54) is 23.9 Å². The van der Waals surface area contributed by atoms with Crippen LogP contribution in [0.3, 0.4) is 0 Å². The molecule has 1 aromatic rings. The fourth-order valence-electron chi connectivity index (χ4n) is 2.20. The molecule has 0 saturated heterocycles. The highest BCUT2D eigenvalue weighted by molar-refractivity contribution is 7.99. The van der Waals surface area contributed by atoms with E-state index in [9.17, 15) is 8.78 Å². The molecule has 0 bridgehead atoms. The molecule has 0 saturated carbocycles. The summed E-state index contributed by atoms with van der Waals surface area (Å²) < 4.78 is 27.6. The molecule has 0 radical (unpaired) electrons. The van der Waals surface area contributed by atoms with Gasteiger partial charge in [-0.3, -0.25) is 0 Å². The summed E-state index contributed by atoms with van der Waals surface area (Å²) in [5.41, 5.74) is 0.515. The standard InChI is InChI=1S/C13H17F2NS/c1-8(2)16-11-4-3-7-17-13-10(15)6-5-9(14)12(11)13/h5-6,8,11,16H,3-4,7H2,1-2H3. The lowest BCUT2D eigenvalue weighted by molar-refractivity contribution is 0.424. The Morgan fingerprint density at radius 2 is 2.00 bits per heavy atom. The molecule has 1 nitrogen and oxygen atoms in total. The Hall–Kier alpha value is -0.610. The maximum absolute atomic E-state index is 13.9. The molecule has 0 amide bonds. The van der Waals surface area contributed by atoms with Crippen molar-refractivity contribution in [3.8, 4) is 0 Å². The summed E-state index contributed by atoms with van der Waals surface area (Å²) in [6.07, 6.45) is 1.83. The lowest BCUT2D eigenvalue weighted by atomic mass is 10.0. The lowest BCUT2D eigenvalue weighted by Gasteiger charge is -2.22. The quantitative estimate of drug-likeness (QED) is 0.862. The number of benzene rings is 1. The molecule has 1 N–H and O–H groups in total. The van der Waals surface area contributed by atoms with Crippen LogP contribution in [0, 0.1) is 11.6 Å². The molecule has 94 valence electrons. The second kappa shape index (κ2) is 5.36. The highest BCUT2D eigenvalue weighted by Crippen LogP contribution is 2.38. The minimum atomic E-state index is -0.302. The van der Waals surface area contributed by atoms with Gasteiger partial charge in [0, 0.05) is 17.6 Å². The first kappa shape index (κ1) is 12.8. The average molecular weight is 257 g/mol. The van der Waals surface area contributed by atoms with Gasteiger partial charge in [-0.2, -0.15) is 0 Å². The summed E-state index contributed by atoms with van der Waals surface area (Å²) in [4.78, 5) is 0.487. The van der Waals surface area contributed by atoms with E-state index in [0.29, 0.717) is 10.5 Å². The molecule has 2 rings (SSSR count). The van der Waals surface area contributed by atoms with E-state index in [2.05, 4.69) is 5.32 Å². The van der Waals surface area contributed by atoms with Crippen LogP contribution in [0.25, 0.3) is 0 Å². The normalized spacial score (nSPS) is 20.2. The van der Waals surface area contributed by atoms with Gasteiger partial charge in [0.2, 0.25) is 0 Å². The highest BCUT2D eigenvalue weighted by atomic mass is 32.2. The van der Waals surface area contributed by atoms with Crippen molar-refractivity contribution in [2.24, 2.45) is 0 Å². The van der Waals surface area contributed by atoms with Gasteiger partial charge in [-0.05, 0) is 30.7 Å². The Bertz CT molecular complexity index is 407. The SMILES string of the molecule is CC(C)NC1CCCSc2c(F)ccc(F)c21. The topological polar surface area (TPSA) is 12.0 Å². The summed E-state index contributed by atoms with van der Waals surface area (Å²) in [7, 11) is 0. The van der Waals surface area contributed by atoms with Crippen LogP contribution in [0.1, 0.15) is 38.3 Å². The van der Waals surface area contributed by atoms with Crippen LogP contribution in [-0.2, 0) is 0 Å². The summed E-state index contributed by atoms with van der Waals surface area (Å²) in [6, 6.07) is 2.64. The third-order valence-corrected chi connectivity index (χ3v) is 4.06. The van der Waals surface area contributed by atoms with Crippen molar-refractivity contribution in [2.75, 3.05) is 5.75 Å². The lowest BCUT2D eigenvalue weighted by Crippen LogP contribution is -2.29. The van der Waals surface area contributed by atoms with Crippen LogP contribution >= 0.6 is 11.8 Å². The number of fused-ring (bicyclic) bond motifs is 1. The van der Waals surface area contributed by atoms with Crippen LogP contribution < -0.4 is 5.32 Å². The smallest absolute Gasteiger partial charge is 0.137 e. The van der Waals surface area contributed by atoms with Crippen molar-refractivity contribution in [2.45, 2.75) is 43.7 Å². The van der Waals surface area contributed by atoms with Gasteiger partial charge in [-0.25, -0.2) is 8.78 Å². The molecule has 1 aromatic carbocycles. The van der Waals surface area contributed by atoms with Gasteiger partial charge in [0.05, 0.1) is 4.90 Å². The van der Waals surface area contributed by atoms with E-state index < -0.39 is 0 Å². The van der Waals surface area contributed by atoms with Gasteiger partial charge in [-0.1, -0.05) is 13.8 Å². The molecule has 1 atom stereocenters. The van der Waals surface area contributed by atoms with Crippen molar-refractivity contribution in [1.29, 1.82) is 0 Å². The second-order valence-corrected chi connectivity index (χ2v) is 5.74. The van der Waals surface area contributed by atoms with Crippen LogP contribution in [0.5, 0.6) is 0 Å². The maximum Gasteiger partial charge on any atom is 0.137 e. The maximum atomic E-state index is 13.9. The van der Waals surface area contributed by atoms with Gasteiger partial charge >= 0.3 is 0 Å². The number of nitrogens with one attached hydrogen (secondary N) is 1. The third-order valence-electron chi connectivity index (χ3n) is 2.86. The molecule has 0 aliphatic carbocycles. The van der Waals surface area contributed by atoms with Crippen LogP contribution in [0.15, 0.2) is 17.0 Å². The number of rotatable bonds is 2. The Kier molecular flexibility index (Phi) is 4.05. The van der Waals surface area contributed by atoms with Crippen LogP contribution in [0.4, 0.5) is 8.78 Å². The number of hydrogen-bond acceptors (Lipinski definition) is 2. The molecular formula is C13H17F2NS. The van der Waals surface area contributed by atoms with E-state index in [1.54, 1.807) is 0 Å². The molecule has 1 heterocycles. The van der Waals surface area contributed by atoms with E-state index in [1.807, 2.05) is 13.8 Å². The van der Waals surface area contributed by atoms with Crippen molar-refractivity contribution < 1.29 is 8.78 Å². The zero-order valence-corrected chi connectivity index (χ0v) is 10.9. The fraction of sp³-hybridized carbons (Fsp3) is 0.538. The van der Waals surface area contributed by atoms with E-state index in [4.69, 9.17) is 0 Å². The average Bonchev–Trinajstić information content (AvgIpc) is 2.46. The molecule has 1 unspecified atom stereocenters. The summed E-state index contributed by atoms with van der Waals surface area (Å²) in [6.45, 7) is 4.05. The molecule has 0 fully saturated rings. The molecule has 1 aliphatic rings. The molecule has 17 heavy (non-hydrogen) atoms. The molecule has 0 spiro atoms. The Labute approximate surface area is 105 Å². The van der Waals surface area contributed by atoms with Gasteiger partial charge in [0.1, 0.15) is 11.6 Å². The van der Waals surface area contributed by atoms with Crippen LogP contribution in [-0.4, -0.2) is 11.8 Å². The van der Waals surface area contributed by atoms with E-state index >= 15 is 0 Å². The van der Waals surface area contributed by atoms with Crippen molar-refractivity contribution in [3.63, 3.8) is 0 Å². The summed E-state index contributed by atoms with van der Waals surface area (Å²) in [5, 5.41) is 3.33. The van der Waals surface area contributed by atoms with Crippen molar-refractivity contribution >= 4 is 11.8 Å². The van der Waals surface area contributed by atoms with Gasteiger partial charge in [0.15, 0.2) is 0 Å². The minimum absolute atomic E-state index is 0.0734. The zero-order valence-electron chi connectivity index (χ0n) is 10.1. The first-order valence-electron chi connectivity index (χ1n) is 5.96. The van der Waals surface area contributed by atoms with Crippen LogP contribution in [0.2, 0.25) is 0 Å². The predicted molar refractivity (Wildman–Crippen MR) is 67.3 cm³/mol. The van der Waals surface area contributed by atoms with Gasteiger partial charge < -0.3 is 5.32 Å². The Balaban J connectivity index is 2.43. The predicted octanol–water partition coefficient (Wildman–Crippen LogP) is 3.89. The van der Waals surface area contributed by atoms with Crippen molar-refractivity contribution in [3.05, 3.63) is 29.3 Å². The highest BCUT2D eigenvalue weighted by Gasteiger charge is 2.25. The monoisotopic (exact) mass is 257 g/mol.